The standard InChI is InChI=1S/C66H46N2O/c1-4-15-45(16-5-1)49-31-37-54(38-32-49)67(62-25-14-23-60-59-22-11-13-26-65(59)69-66(60)62)55-39-33-50(34-40-55)48-27-29-51(30-28-48)56-21-10-12-24-61(56)68-63-43-52(46-17-6-2-7-18-46)35-41-57(63)58-42-36-53(44-64(58)68)47-19-8-3-9-20-47/h2-4,6-44H,1,5H2. The number of benzene rings is 10. The summed E-state index contributed by atoms with van der Waals surface area (Å²) in [6, 6.07) is 85.7. The Balaban J connectivity index is 0.882. The van der Waals surface area contributed by atoms with Gasteiger partial charge in [0.15, 0.2) is 5.58 Å². The van der Waals surface area contributed by atoms with Gasteiger partial charge < -0.3 is 13.9 Å². The van der Waals surface area contributed by atoms with Crippen molar-refractivity contribution in [3.8, 4) is 50.2 Å². The first-order chi connectivity index (χ1) is 34.2. The van der Waals surface area contributed by atoms with Crippen molar-refractivity contribution >= 4 is 66.4 Å². The van der Waals surface area contributed by atoms with Gasteiger partial charge in [0.25, 0.3) is 0 Å². The highest BCUT2D eigenvalue weighted by atomic mass is 16.3. The number of hydrogen-bond acceptors (Lipinski definition) is 2. The van der Waals surface area contributed by atoms with E-state index in [1.54, 1.807) is 0 Å². The summed E-state index contributed by atoms with van der Waals surface area (Å²) >= 11 is 0. The fraction of sp³-hybridized carbons (Fsp3) is 0.0303. The van der Waals surface area contributed by atoms with Crippen molar-refractivity contribution in [3.05, 3.63) is 260 Å². The predicted octanol–water partition coefficient (Wildman–Crippen LogP) is 18.6. The third kappa shape index (κ3) is 7.24. The minimum Gasteiger partial charge on any atom is -0.454 e. The molecule has 69 heavy (non-hydrogen) atoms. The zero-order valence-electron chi connectivity index (χ0n) is 38.0. The molecule has 0 spiro atoms. The minimum absolute atomic E-state index is 0.870. The number of rotatable bonds is 9. The number of para-hydroxylation sites is 3. The molecule has 0 bridgehead atoms. The number of furan rings is 1. The highest BCUT2D eigenvalue weighted by molar-refractivity contribution is 6.12. The zero-order chi connectivity index (χ0) is 45.7. The maximum Gasteiger partial charge on any atom is 0.159 e. The summed E-state index contributed by atoms with van der Waals surface area (Å²) in [5.74, 6) is 0. The maximum atomic E-state index is 6.63. The summed E-state index contributed by atoms with van der Waals surface area (Å²) < 4.78 is 9.10. The second kappa shape index (κ2) is 17.1. The van der Waals surface area contributed by atoms with Gasteiger partial charge in [-0.1, -0.05) is 200 Å². The summed E-state index contributed by atoms with van der Waals surface area (Å²) in [6.45, 7) is 0. The fourth-order valence-corrected chi connectivity index (χ4v) is 10.4. The van der Waals surface area contributed by atoms with Crippen LogP contribution in [-0.4, -0.2) is 4.57 Å². The van der Waals surface area contributed by atoms with Crippen LogP contribution in [0.3, 0.4) is 0 Å². The number of aromatic nitrogens is 1. The monoisotopic (exact) mass is 882 g/mol. The molecule has 10 aromatic carbocycles. The summed E-state index contributed by atoms with van der Waals surface area (Å²) in [5, 5.41) is 4.69. The van der Waals surface area contributed by atoms with E-state index in [2.05, 4.69) is 258 Å². The predicted molar refractivity (Wildman–Crippen MR) is 291 cm³/mol. The number of nitrogens with zero attached hydrogens (tertiary/aromatic N) is 2. The average Bonchev–Trinajstić information content (AvgIpc) is 3.98. The molecule has 3 nitrogen and oxygen atoms in total. The van der Waals surface area contributed by atoms with Crippen LogP contribution in [0.1, 0.15) is 18.4 Å². The highest BCUT2D eigenvalue weighted by Crippen LogP contribution is 2.44. The molecule has 13 rings (SSSR count). The average molecular weight is 883 g/mol. The molecular weight excluding hydrogens is 837 g/mol. The second-order valence-electron chi connectivity index (χ2n) is 17.9. The maximum absolute atomic E-state index is 6.63. The first kappa shape index (κ1) is 40.4. The first-order valence-corrected chi connectivity index (χ1v) is 23.9. The molecule has 0 amide bonds. The Labute approximate surface area is 401 Å². The first-order valence-electron chi connectivity index (χ1n) is 23.9. The largest absolute Gasteiger partial charge is 0.454 e. The van der Waals surface area contributed by atoms with E-state index in [9.17, 15) is 0 Å². The van der Waals surface area contributed by atoms with Crippen molar-refractivity contribution in [2.24, 2.45) is 0 Å². The van der Waals surface area contributed by atoms with Gasteiger partial charge in [-0.3, -0.25) is 0 Å². The van der Waals surface area contributed by atoms with Gasteiger partial charge >= 0.3 is 0 Å². The Kier molecular flexibility index (Phi) is 9.98. The van der Waals surface area contributed by atoms with Crippen molar-refractivity contribution in [1.29, 1.82) is 0 Å². The topological polar surface area (TPSA) is 21.3 Å². The molecule has 1 aliphatic carbocycles. The molecule has 2 aromatic heterocycles. The van der Waals surface area contributed by atoms with Crippen LogP contribution in [0.25, 0.3) is 99.5 Å². The van der Waals surface area contributed by atoms with E-state index in [0.29, 0.717) is 0 Å². The van der Waals surface area contributed by atoms with Crippen molar-refractivity contribution in [1.82, 2.24) is 4.57 Å². The molecule has 0 saturated heterocycles. The molecule has 0 aliphatic heterocycles. The molecule has 12 aromatic rings. The van der Waals surface area contributed by atoms with Gasteiger partial charge in [-0.2, -0.15) is 0 Å². The molecule has 0 N–H and O–H groups in total. The SMILES string of the molecule is C1=CC(c2ccc(N(c3ccc(-c4ccc(-c5ccccc5-n5c6cc(-c7ccccc7)ccc6c6ccc(-c7ccccc7)cc65)cc4)cc3)c3cccc4c3oc3ccccc34)cc2)=CCC1. The van der Waals surface area contributed by atoms with E-state index < -0.39 is 0 Å². The van der Waals surface area contributed by atoms with Crippen molar-refractivity contribution in [3.63, 3.8) is 0 Å². The molecule has 0 saturated carbocycles. The van der Waals surface area contributed by atoms with Crippen molar-refractivity contribution < 1.29 is 4.42 Å². The lowest BCUT2D eigenvalue weighted by Crippen LogP contribution is -2.10. The van der Waals surface area contributed by atoms with Crippen LogP contribution in [0.4, 0.5) is 17.1 Å². The summed E-state index contributed by atoms with van der Waals surface area (Å²) in [7, 11) is 0. The van der Waals surface area contributed by atoms with Gasteiger partial charge in [-0.15, -0.1) is 0 Å². The van der Waals surface area contributed by atoms with Gasteiger partial charge in [0, 0.05) is 38.5 Å². The number of hydrogen-bond donors (Lipinski definition) is 0. The Morgan fingerprint density at radius 3 is 1.54 bits per heavy atom. The lowest BCUT2D eigenvalue weighted by Gasteiger charge is -2.26. The smallest absolute Gasteiger partial charge is 0.159 e. The van der Waals surface area contributed by atoms with E-state index in [4.69, 9.17) is 4.42 Å². The summed E-state index contributed by atoms with van der Waals surface area (Å²) in [6.07, 6.45) is 9.01. The third-order valence-electron chi connectivity index (χ3n) is 13.9. The molecule has 3 heteroatoms. The van der Waals surface area contributed by atoms with Crippen molar-refractivity contribution in [2.75, 3.05) is 4.90 Å². The van der Waals surface area contributed by atoms with E-state index in [0.717, 1.165) is 74.2 Å². The lowest BCUT2D eigenvalue weighted by atomic mass is 9.98. The minimum atomic E-state index is 0.870. The molecule has 0 unspecified atom stereocenters. The summed E-state index contributed by atoms with van der Waals surface area (Å²) in [4.78, 5) is 2.32. The molecular formula is C66H46N2O. The van der Waals surface area contributed by atoms with Gasteiger partial charge in [0.2, 0.25) is 0 Å². The van der Waals surface area contributed by atoms with Crippen LogP contribution in [0.2, 0.25) is 0 Å². The number of anilines is 3. The van der Waals surface area contributed by atoms with Gasteiger partial charge in [0.1, 0.15) is 5.58 Å². The lowest BCUT2D eigenvalue weighted by molar-refractivity contribution is 0.669. The molecule has 0 radical (unpaired) electrons. The van der Waals surface area contributed by atoms with E-state index >= 15 is 0 Å². The molecule has 2 heterocycles. The van der Waals surface area contributed by atoms with Crippen LogP contribution in [-0.2, 0) is 0 Å². The van der Waals surface area contributed by atoms with Crippen molar-refractivity contribution in [2.45, 2.75) is 12.8 Å². The van der Waals surface area contributed by atoms with Gasteiger partial charge in [-0.25, -0.2) is 0 Å². The van der Waals surface area contributed by atoms with Gasteiger partial charge in [0.05, 0.1) is 22.4 Å². The highest BCUT2D eigenvalue weighted by Gasteiger charge is 2.21. The second-order valence-corrected chi connectivity index (χ2v) is 17.9. The Morgan fingerprint density at radius 1 is 0.377 bits per heavy atom. The quantitative estimate of drug-likeness (QED) is 0.144. The Bertz CT molecular complexity index is 3820. The molecule has 0 atom stereocenters. The van der Waals surface area contributed by atoms with Crippen LogP contribution < -0.4 is 4.90 Å². The van der Waals surface area contributed by atoms with Crippen LogP contribution in [0.5, 0.6) is 0 Å². The molecule has 0 fully saturated rings. The Morgan fingerprint density at radius 2 is 0.899 bits per heavy atom. The number of fused-ring (bicyclic) bond motifs is 6. The Hall–Kier alpha value is -8.92. The fourth-order valence-electron chi connectivity index (χ4n) is 10.4. The zero-order valence-corrected chi connectivity index (χ0v) is 38.0. The third-order valence-corrected chi connectivity index (χ3v) is 13.9. The van der Waals surface area contributed by atoms with Crippen LogP contribution in [0, 0.1) is 0 Å². The molecule has 326 valence electrons. The van der Waals surface area contributed by atoms with E-state index in [-0.39, 0.29) is 0 Å². The van der Waals surface area contributed by atoms with E-state index in [1.165, 1.54) is 60.8 Å². The normalized spacial score (nSPS) is 12.6. The summed E-state index contributed by atoms with van der Waals surface area (Å²) in [5.41, 5.74) is 20.3. The number of allylic oxidation sites excluding steroid dienone is 4. The van der Waals surface area contributed by atoms with Gasteiger partial charge in [-0.05, 0) is 118 Å². The van der Waals surface area contributed by atoms with E-state index in [1.807, 2.05) is 6.07 Å². The van der Waals surface area contributed by atoms with Crippen LogP contribution >= 0.6 is 0 Å². The molecule has 1 aliphatic rings. The van der Waals surface area contributed by atoms with Crippen LogP contribution in [0.15, 0.2) is 259 Å².